The number of carbonyl (C=O) groups excluding carboxylic acids is 1. The maximum atomic E-state index is 12.5. The second-order valence-corrected chi connectivity index (χ2v) is 4.98. The van der Waals surface area contributed by atoms with Crippen molar-refractivity contribution >= 4 is 17.4 Å². The number of Topliss-reactive ketones (excluding diaryl/α,β-unsaturated/α-hetero) is 1. The number of hydrogen-bond donors (Lipinski definition) is 0. The maximum Gasteiger partial charge on any atom is 0.208 e. The van der Waals surface area contributed by atoms with Crippen LogP contribution in [0.5, 0.6) is 17.2 Å². The van der Waals surface area contributed by atoms with Crippen LogP contribution in [0.3, 0.4) is 0 Å². The molecule has 108 valence electrons. The lowest BCUT2D eigenvalue weighted by atomic mass is 10.1. The van der Waals surface area contributed by atoms with Crippen molar-refractivity contribution < 1.29 is 19.0 Å². The summed E-state index contributed by atoms with van der Waals surface area (Å²) in [7, 11) is 1.54. The van der Waals surface area contributed by atoms with Crippen molar-refractivity contribution in [3.63, 3.8) is 0 Å². The van der Waals surface area contributed by atoms with Gasteiger partial charge >= 0.3 is 0 Å². The fourth-order valence-electron chi connectivity index (χ4n) is 2.14. The van der Waals surface area contributed by atoms with Gasteiger partial charge in [-0.25, -0.2) is 0 Å². The number of ketones is 1. The van der Waals surface area contributed by atoms with Gasteiger partial charge in [0.2, 0.25) is 5.78 Å². The van der Waals surface area contributed by atoms with Crippen molar-refractivity contribution in [3.8, 4) is 17.2 Å². The number of methoxy groups -OCH3 is 1. The zero-order chi connectivity index (χ0) is 14.8. The SMILES string of the molecule is COc1ccc(C(=O)C2COc3ccccc3O2)c(Cl)c1. The number of carbonyl (C=O) groups is 1. The molecule has 4 nitrogen and oxygen atoms in total. The largest absolute Gasteiger partial charge is 0.497 e. The Morgan fingerprint density at radius 3 is 2.71 bits per heavy atom. The molecule has 1 unspecified atom stereocenters. The first-order chi connectivity index (χ1) is 10.2. The Labute approximate surface area is 127 Å². The monoisotopic (exact) mass is 304 g/mol. The van der Waals surface area contributed by atoms with E-state index in [2.05, 4.69) is 0 Å². The average molecular weight is 305 g/mol. The van der Waals surface area contributed by atoms with Crippen molar-refractivity contribution in [2.24, 2.45) is 0 Å². The molecule has 1 atom stereocenters. The molecule has 0 spiro atoms. The van der Waals surface area contributed by atoms with Crippen LogP contribution < -0.4 is 14.2 Å². The molecule has 0 aliphatic carbocycles. The van der Waals surface area contributed by atoms with Gasteiger partial charge in [0.15, 0.2) is 17.6 Å². The maximum absolute atomic E-state index is 12.5. The number of fused-ring (bicyclic) bond motifs is 1. The summed E-state index contributed by atoms with van der Waals surface area (Å²) < 4.78 is 16.3. The Kier molecular flexibility index (Phi) is 3.71. The lowest BCUT2D eigenvalue weighted by molar-refractivity contribution is 0.0586. The summed E-state index contributed by atoms with van der Waals surface area (Å²) in [6.45, 7) is 0.165. The highest BCUT2D eigenvalue weighted by atomic mass is 35.5. The van der Waals surface area contributed by atoms with Gasteiger partial charge in [0, 0.05) is 5.56 Å². The van der Waals surface area contributed by atoms with E-state index < -0.39 is 6.10 Å². The molecule has 0 bridgehead atoms. The first-order valence-corrected chi connectivity index (χ1v) is 6.83. The van der Waals surface area contributed by atoms with Crippen LogP contribution in [-0.4, -0.2) is 25.6 Å². The van der Waals surface area contributed by atoms with Crippen LogP contribution in [0, 0.1) is 0 Å². The fourth-order valence-corrected chi connectivity index (χ4v) is 2.41. The molecule has 0 saturated heterocycles. The summed E-state index contributed by atoms with van der Waals surface area (Å²) in [5.41, 5.74) is 0.394. The highest BCUT2D eigenvalue weighted by Gasteiger charge is 2.29. The van der Waals surface area contributed by atoms with E-state index in [0.717, 1.165) is 0 Å². The predicted octanol–water partition coefficient (Wildman–Crippen LogP) is 3.37. The van der Waals surface area contributed by atoms with E-state index in [-0.39, 0.29) is 12.4 Å². The third-order valence-corrected chi connectivity index (χ3v) is 3.56. The Balaban J connectivity index is 1.84. The van der Waals surface area contributed by atoms with Crippen LogP contribution in [0.1, 0.15) is 10.4 Å². The van der Waals surface area contributed by atoms with E-state index >= 15 is 0 Å². The Bertz CT molecular complexity index is 684. The third kappa shape index (κ3) is 2.67. The molecule has 2 aromatic rings. The van der Waals surface area contributed by atoms with Crippen LogP contribution >= 0.6 is 11.6 Å². The molecule has 0 saturated carbocycles. The Morgan fingerprint density at radius 1 is 1.24 bits per heavy atom. The van der Waals surface area contributed by atoms with E-state index in [1.165, 1.54) is 0 Å². The van der Waals surface area contributed by atoms with Gasteiger partial charge in [-0.05, 0) is 30.3 Å². The van der Waals surface area contributed by atoms with Gasteiger partial charge in [-0.1, -0.05) is 23.7 Å². The molecule has 3 rings (SSSR count). The zero-order valence-electron chi connectivity index (χ0n) is 11.3. The lowest BCUT2D eigenvalue weighted by Crippen LogP contribution is -2.36. The number of ether oxygens (including phenoxy) is 3. The summed E-state index contributed by atoms with van der Waals surface area (Å²) in [4.78, 5) is 12.5. The van der Waals surface area contributed by atoms with E-state index in [9.17, 15) is 4.79 Å². The van der Waals surface area contributed by atoms with Crippen LogP contribution in [0.2, 0.25) is 5.02 Å². The molecule has 0 aromatic heterocycles. The molecule has 1 aliphatic rings. The Hall–Kier alpha value is -2.20. The van der Waals surface area contributed by atoms with E-state index in [1.807, 2.05) is 12.1 Å². The lowest BCUT2D eigenvalue weighted by Gasteiger charge is -2.25. The van der Waals surface area contributed by atoms with Gasteiger partial charge < -0.3 is 14.2 Å². The second-order valence-electron chi connectivity index (χ2n) is 4.57. The molecular weight excluding hydrogens is 292 g/mol. The standard InChI is InChI=1S/C16H13ClO4/c1-19-10-6-7-11(12(17)8-10)16(18)15-9-20-13-4-2-3-5-14(13)21-15/h2-8,15H,9H2,1H3. The highest BCUT2D eigenvalue weighted by molar-refractivity contribution is 6.34. The molecule has 21 heavy (non-hydrogen) atoms. The van der Waals surface area contributed by atoms with E-state index in [1.54, 1.807) is 37.4 Å². The first-order valence-electron chi connectivity index (χ1n) is 6.45. The van der Waals surface area contributed by atoms with Crippen molar-refractivity contribution in [2.45, 2.75) is 6.10 Å². The average Bonchev–Trinajstić information content (AvgIpc) is 2.53. The predicted molar refractivity (Wildman–Crippen MR) is 78.7 cm³/mol. The molecule has 0 N–H and O–H groups in total. The number of benzene rings is 2. The van der Waals surface area contributed by atoms with Crippen LogP contribution in [0.4, 0.5) is 0 Å². The van der Waals surface area contributed by atoms with Gasteiger partial charge in [-0.2, -0.15) is 0 Å². The first kappa shape index (κ1) is 13.8. The van der Waals surface area contributed by atoms with Gasteiger partial charge in [0.25, 0.3) is 0 Å². The summed E-state index contributed by atoms with van der Waals surface area (Å²) in [6.07, 6.45) is -0.703. The van der Waals surface area contributed by atoms with Crippen LogP contribution in [-0.2, 0) is 0 Å². The van der Waals surface area contributed by atoms with Gasteiger partial charge in [-0.15, -0.1) is 0 Å². The number of halogens is 1. The normalized spacial score (nSPS) is 16.4. The number of rotatable bonds is 3. The highest BCUT2D eigenvalue weighted by Crippen LogP contribution is 2.32. The van der Waals surface area contributed by atoms with Crippen molar-refractivity contribution in [3.05, 3.63) is 53.1 Å². The van der Waals surface area contributed by atoms with Gasteiger partial charge in [0.05, 0.1) is 12.1 Å². The van der Waals surface area contributed by atoms with Gasteiger partial charge in [0.1, 0.15) is 12.4 Å². The summed E-state index contributed by atoms with van der Waals surface area (Å²) in [5.74, 6) is 1.59. The zero-order valence-corrected chi connectivity index (χ0v) is 12.1. The van der Waals surface area contributed by atoms with E-state index in [0.29, 0.717) is 27.8 Å². The molecule has 0 radical (unpaired) electrons. The summed E-state index contributed by atoms with van der Waals surface area (Å²) >= 11 is 6.13. The summed E-state index contributed by atoms with van der Waals surface area (Å²) in [6, 6.07) is 12.2. The number of para-hydroxylation sites is 2. The second kappa shape index (κ2) is 5.66. The number of hydrogen-bond acceptors (Lipinski definition) is 4. The molecular formula is C16H13ClO4. The Morgan fingerprint density at radius 2 is 2.00 bits per heavy atom. The van der Waals surface area contributed by atoms with Crippen molar-refractivity contribution in [1.29, 1.82) is 0 Å². The minimum Gasteiger partial charge on any atom is -0.497 e. The topological polar surface area (TPSA) is 44.8 Å². The molecule has 5 heteroatoms. The quantitative estimate of drug-likeness (QED) is 0.816. The minimum absolute atomic E-state index is 0.165. The third-order valence-electron chi connectivity index (χ3n) is 3.24. The molecule has 1 heterocycles. The van der Waals surface area contributed by atoms with Crippen molar-refractivity contribution in [2.75, 3.05) is 13.7 Å². The van der Waals surface area contributed by atoms with Crippen LogP contribution in [0.15, 0.2) is 42.5 Å². The summed E-state index contributed by atoms with van der Waals surface area (Å²) in [5, 5.41) is 0.335. The molecule has 2 aromatic carbocycles. The fraction of sp³-hybridized carbons (Fsp3) is 0.188. The minimum atomic E-state index is -0.703. The smallest absolute Gasteiger partial charge is 0.208 e. The molecule has 0 fully saturated rings. The van der Waals surface area contributed by atoms with E-state index in [4.69, 9.17) is 25.8 Å². The van der Waals surface area contributed by atoms with Crippen LogP contribution in [0.25, 0.3) is 0 Å². The van der Waals surface area contributed by atoms with Crippen molar-refractivity contribution in [1.82, 2.24) is 0 Å². The molecule has 0 amide bonds. The molecule has 1 aliphatic heterocycles. The van der Waals surface area contributed by atoms with Gasteiger partial charge in [-0.3, -0.25) is 4.79 Å².